The van der Waals surface area contributed by atoms with E-state index in [0.29, 0.717) is 37.1 Å². The zero-order valence-electron chi connectivity index (χ0n) is 13.6. The van der Waals surface area contributed by atoms with Crippen LogP contribution in [0.25, 0.3) is 0 Å². The highest BCUT2D eigenvalue weighted by atomic mass is 16.6. The molecule has 22 heavy (non-hydrogen) atoms. The lowest BCUT2D eigenvalue weighted by Crippen LogP contribution is -2.29. The van der Waals surface area contributed by atoms with E-state index in [0.717, 1.165) is 6.42 Å². The van der Waals surface area contributed by atoms with E-state index < -0.39 is 4.92 Å². The van der Waals surface area contributed by atoms with E-state index in [1.54, 1.807) is 13.8 Å². The second kappa shape index (κ2) is 8.47. The molecular weight excluding hydrogens is 288 g/mol. The fourth-order valence-corrected chi connectivity index (χ4v) is 2.02. The minimum atomic E-state index is -0.474. The average molecular weight is 312 g/mol. The lowest BCUT2D eigenvalue weighted by Gasteiger charge is -2.08. The minimum Gasteiger partial charge on any atom is -0.381 e. The highest BCUT2D eigenvalue weighted by Crippen LogP contribution is 2.21. The number of aryl methyl sites for hydroxylation is 1. The maximum absolute atomic E-state index is 11.8. The van der Waals surface area contributed by atoms with Crippen molar-refractivity contribution in [3.63, 3.8) is 0 Å². The van der Waals surface area contributed by atoms with Gasteiger partial charge in [0.1, 0.15) is 17.9 Å². The summed E-state index contributed by atoms with van der Waals surface area (Å²) in [4.78, 5) is 22.2. The lowest BCUT2D eigenvalue weighted by atomic mass is 10.2. The van der Waals surface area contributed by atoms with Crippen LogP contribution in [-0.4, -0.2) is 40.4 Å². The molecule has 0 fully saturated rings. The minimum absolute atomic E-state index is 0.0205. The molecule has 0 unspecified atom stereocenters. The van der Waals surface area contributed by atoms with Crippen LogP contribution in [0.4, 0.5) is 5.69 Å². The summed E-state index contributed by atoms with van der Waals surface area (Å²) in [5, 5.41) is 17.7. The van der Waals surface area contributed by atoms with Crippen molar-refractivity contribution in [3.05, 3.63) is 21.5 Å². The van der Waals surface area contributed by atoms with Gasteiger partial charge < -0.3 is 10.1 Å². The fraction of sp³-hybridized carbons (Fsp3) is 0.714. The molecule has 0 aliphatic heterocycles. The maximum Gasteiger partial charge on any atom is 0.312 e. The molecule has 0 aliphatic carbocycles. The number of nitrogens with zero attached hydrogens (tertiary/aromatic N) is 3. The van der Waals surface area contributed by atoms with E-state index in [1.807, 2.05) is 0 Å². The van der Waals surface area contributed by atoms with Crippen LogP contribution in [0.15, 0.2) is 0 Å². The van der Waals surface area contributed by atoms with E-state index in [1.165, 1.54) is 4.68 Å². The zero-order valence-corrected chi connectivity index (χ0v) is 13.6. The molecule has 0 radical (unpaired) electrons. The molecule has 1 rings (SSSR count). The van der Waals surface area contributed by atoms with Crippen molar-refractivity contribution in [3.8, 4) is 0 Å². The van der Waals surface area contributed by atoms with Crippen molar-refractivity contribution in [2.45, 2.75) is 40.7 Å². The summed E-state index contributed by atoms with van der Waals surface area (Å²) in [6.07, 6.45) is 0.732. The Balaban J connectivity index is 2.37. The number of rotatable bonds is 9. The largest absolute Gasteiger partial charge is 0.381 e. The van der Waals surface area contributed by atoms with Crippen LogP contribution in [0, 0.1) is 29.9 Å². The molecule has 0 atom stereocenters. The van der Waals surface area contributed by atoms with E-state index in [4.69, 9.17) is 4.74 Å². The Hall–Kier alpha value is -1.96. The fourth-order valence-electron chi connectivity index (χ4n) is 2.02. The Bertz CT molecular complexity index is 525. The summed E-state index contributed by atoms with van der Waals surface area (Å²) in [7, 11) is 0. The van der Waals surface area contributed by atoms with Gasteiger partial charge in [-0.05, 0) is 26.2 Å². The smallest absolute Gasteiger partial charge is 0.312 e. The average Bonchev–Trinajstić information content (AvgIpc) is 2.68. The van der Waals surface area contributed by atoms with Crippen LogP contribution in [0.3, 0.4) is 0 Å². The lowest BCUT2D eigenvalue weighted by molar-refractivity contribution is -0.386. The molecule has 0 aromatic carbocycles. The molecule has 0 bridgehead atoms. The van der Waals surface area contributed by atoms with Gasteiger partial charge in [0.2, 0.25) is 5.91 Å². The number of hydrogen-bond donors (Lipinski definition) is 1. The van der Waals surface area contributed by atoms with Crippen molar-refractivity contribution < 1.29 is 14.5 Å². The quantitative estimate of drug-likeness (QED) is 0.424. The van der Waals surface area contributed by atoms with Crippen LogP contribution in [0.5, 0.6) is 0 Å². The summed E-state index contributed by atoms with van der Waals surface area (Å²) in [6, 6.07) is 0. The second-order valence-corrected chi connectivity index (χ2v) is 5.61. The molecule has 1 N–H and O–H groups in total. The first-order chi connectivity index (χ1) is 10.3. The van der Waals surface area contributed by atoms with Gasteiger partial charge in [-0.15, -0.1) is 0 Å². The topological polar surface area (TPSA) is 99.3 Å². The summed E-state index contributed by atoms with van der Waals surface area (Å²) in [6.45, 7) is 9.11. The van der Waals surface area contributed by atoms with Gasteiger partial charge in [-0.2, -0.15) is 5.10 Å². The normalized spacial score (nSPS) is 11.0. The number of nitro groups is 1. The predicted molar refractivity (Wildman–Crippen MR) is 81.6 cm³/mol. The molecule has 0 saturated heterocycles. The highest BCUT2D eigenvalue weighted by molar-refractivity contribution is 5.75. The summed E-state index contributed by atoms with van der Waals surface area (Å²) in [5.74, 6) is 0.278. The van der Waals surface area contributed by atoms with Crippen molar-refractivity contribution in [2.24, 2.45) is 5.92 Å². The van der Waals surface area contributed by atoms with Crippen molar-refractivity contribution in [1.82, 2.24) is 15.1 Å². The SMILES string of the molecule is Cc1nn(CC(=O)NCCCOCC(C)C)c(C)c1[N+](=O)[O-]. The van der Waals surface area contributed by atoms with Gasteiger partial charge in [-0.1, -0.05) is 13.8 Å². The van der Waals surface area contributed by atoms with Crippen molar-refractivity contribution in [1.29, 1.82) is 0 Å². The third-order valence-electron chi connectivity index (χ3n) is 3.06. The molecule has 1 aromatic heterocycles. The van der Waals surface area contributed by atoms with E-state index in [2.05, 4.69) is 24.3 Å². The summed E-state index contributed by atoms with van der Waals surface area (Å²) >= 11 is 0. The van der Waals surface area contributed by atoms with E-state index in [9.17, 15) is 14.9 Å². The Kier molecular flexibility index (Phi) is 6.97. The summed E-state index contributed by atoms with van der Waals surface area (Å²) < 4.78 is 6.78. The molecule has 0 saturated carbocycles. The van der Waals surface area contributed by atoms with Crippen LogP contribution < -0.4 is 5.32 Å². The number of nitrogens with one attached hydrogen (secondary N) is 1. The molecule has 1 aromatic rings. The van der Waals surface area contributed by atoms with Crippen molar-refractivity contribution >= 4 is 11.6 Å². The zero-order chi connectivity index (χ0) is 16.7. The number of amides is 1. The summed E-state index contributed by atoms with van der Waals surface area (Å²) in [5.41, 5.74) is 0.671. The van der Waals surface area contributed by atoms with Gasteiger partial charge in [-0.25, -0.2) is 0 Å². The molecule has 8 heteroatoms. The maximum atomic E-state index is 11.8. The number of carbonyl (C=O) groups excluding carboxylic acids is 1. The molecule has 8 nitrogen and oxygen atoms in total. The molecular formula is C14H24N4O4. The predicted octanol–water partition coefficient (Wildman–Crippen LogP) is 1.59. The van der Waals surface area contributed by atoms with Gasteiger partial charge in [0.25, 0.3) is 0 Å². The number of carbonyl (C=O) groups is 1. The number of aromatic nitrogens is 2. The van der Waals surface area contributed by atoms with E-state index >= 15 is 0 Å². The molecule has 0 spiro atoms. The van der Waals surface area contributed by atoms with Crippen LogP contribution in [-0.2, 0) is 16.1 Å². The molecule has 124 valence electrons. The van der Waals surface area contributed by atoms with Crippen LogP contribution in [0.2, 0.25) is 0 Å². The number of hydrogen-bond acceptors (Lipinski definition) is 5. The number of ether oxygens (including phenoxy) is 1. The third-order valence-corrected chi connectivity index (χ3v) is 3.06. The monoisotopic (exact) mass is 312 g/mol. The van der Waals surface area contributed by atoms with Gasteiger partial charge in [0.15, 0.2) is 0 Å². The van der Waals surface area contributed by atoms with E-state index in [-0.39, 0.29) is 18.1 Å². The first kappa shape index (κ1) is 18.1. The van der Waals surface area contributed by atoms with Crippen molar-refractivity contribution in [2.75, 3.05) is 19.8 Å². The van der Waals surface area contributed by atoms with Gasteiger partial charge in [0, 0.05) is 19.8 Å². The Morgan fingerprint density at radius 3 is 2.68 bits per heavy atom. The van der Waals surface area contributed by atoms with Crippen LogP contribution in [0.1, 0.15) is 31.7 Å². The molecule has 1 amide bonds. The Morgan fingerprint density at radius 1 is 1.45 bits per heavy atom. The first-order valence-electron chi connectivity index (χ1n) is 7.35. The van der Waals surface area contributed by atoms with Gasteiger partial charge in [-0.3, -0.25) is 19.6 Å². The van der Waals surface area contributed by atoms with Crippen LogP contribution >= 0.6 is 0 Å². The third kappa shape index (κ3) is 5.44. The highest BCUT2D eigenvalue weighted by Gasteiger charge is 2.22. The second-order valence-electron chi connectivity index (χ2n) is 5.61. The van der Waals surface area contributed by atoms with Gasteiger partial charge >= 0.3 is 5.69 Å². The first-order valence-corrected chi connectivity index (χ1v) is 7.35. The molecule has 1 heterocycles. The standard InChI is InChI=1S/C14H24N4O4/c1-10(2)9-22-7-5-6-15-13(19)8-17-12(4)14(18(20)21)11(3)16-17/h10H,5-9H2,1-4H3,(H,15,19). The Labute approximate surface area is 130 Å². The molecule has 0 aliphatic rings. The van der Waals surface area contributed by atoms with Gasteiger partial charge in [0.05, 0.1) is 4.92 Å². The Morgan fingerprint density at radius 2 is 2.14 bits per heavy atom.